The molecule has 1 aliphatic heterocycles. The molecular formula is C13H17N3O. The number of hydrogen-bond donors (Lipinski definition) is 1. The quantitative estimate of drug-likeness (QED) is 0.841. The van der Waals surface area contributed by atoms with Gasteiger partial charge in [-0.25, -0.2) is 4.98 Å². The van der Waals surface area contributed by atoms with Crippen LogP contribution in [0, 0.1) is 5.92 Å². The van der Waals surface area contributed by atoms with Crippen molar-refractivity contribution in [2.45, 2.75) is 6.42 Å². The molecule has 0 bridgehead atoms. The fraction of sp³-hybridized carbons (Fsp3) is 0.462. The molecule has 4 nitrogen and oxygen atoms in total. The Morgan fingerprint density at radius 1 is 1.47 bits per heavy atom. The zero-order valence-corrected chi connectivity index (χ0v) is 9.80. The van der Waals surface area contributed by atoms with Crippen molar-refractivity contribution in [3.8, 4) is 0 Å². The molecule has 1 unspecified atom stereocenters. The predicted octanol–water partition coefficient (Wildman–Crippen LogP) is 1.11. The molecular weight excluding hydrogens is 214 g/mol. The van der Waals surface area contributed by atoms with Crippen LogP contribution in [0.3, 0.4) is 0 Å². The van der Waals surface area contributed by atoms with E-state index < -0.39 is 0 Å². The third-order valence-electron chi connectivity index (χ3n) is 3.18. The Labute approximate surface area is 101 Å². The SMILES string of the molecule is c1cn2cc(CC3CNCCOC3)ccc2n1. The molecule has 4 heteroatoms. The van der Waals surface area contributed by atoms with Crippen molar-refractivity contribution >= 4 is 5.65 Å². The lowest BCUT2D eigenvalue weighted by atomic mass is 10.0. The molecule has 0 saturated carbocycles. The third kappa shape index (κ3) is 2.48. The molecule has 3 rings (SSSR count). The molecule has 2 aromatic rings. The van der Waals surface area contributed by atoms with Crippen LogP contribution < -0.4 is 5.32 Å². The highest BCUT2D eigenvalue weighted by molar-refractivity contribution is 5.39. The maximum absolute atomic E-state index is 5.57. The van der Waals surface area contributed by atoms with Crippen LogP contribution in [0.5, 0.6) is 0 Å². The molecule has 0 aromatic carbocycles. The van der Waals surface area contributed by atoms with Gasteiger partial charge >= 0.3 is 0 Å². The topological polar surface area (TPSA) is 38.6 Å². The van der Waals surface area contributed by atoms with E-state index >= 15 is 0 Å². The van der Waals surface area contributed by atoms with Crippen molar-refractivity contribution < 1.29 is 4.74 Å². The summed E-state index contributed by atoms with van der Waals surface area (Å²) in [5.41, 5.74) is 2.34. The summed E-state index contributed by atoms with van der Waals surface area (Å²) in [4.78, 5) is 4.25. The van der Waals surface area contributed by atoms with Crippen molar-refractivity contribution in [3.05, 3.63) is 36.3 Å². The van der Waals surface area contributed by atoms with E-state index in [0.29, 0.717) is 5.92 Å². The van der Waals surface area contributed by atoms with Crippen LogP contribution in [-0.2, 0) is 11.2 Å². The molecule has 1 saturated heterocycles. The van der Waals surface area contributed by atoms with E-state index in [1.807, 2.05) is 12.4 Å². The van der Waals surface area contributed by atoms with E-state index in [1.165, 1.54) is 5.56 Å². The number of pyridine rings is 1. The second-order valence-electron chi connectivity index (χ2n) is 4.58. The Hall–Kier alpha value is -1.39. The summed E-state index contributed by atoms with van der Waals surface area (Å²) in [5, 5.41) is 3.41. The Balaban J connectivity index is 1.74. The molecule has 0 amide bonds. The molecule has 1 atom stereocenters. The molecule has 2 aromatic heterocycles. The monoisotopic (exact) mass is 231 g/mol. The normalized spacial score (nSPS) is 21.5. The van der Waals surface area contributed by atoms with Crippen LogP contribution in [0.1, 0.15) is 5.56 Å². The molecule has 1 N–H and O–H groups in total. The maximum Gasteiger partial charge on any atom is 0.136 e. The maximum atomic E-state index is 5.57. The van der Waals surface area contributed by atoms with Gasteiger partial charge in [-0.2, -0.15) is 0 Å². The largest absolute Gasteiger partial charge is 0.380 e. The zero-order chi connectivity index (χ0) is 11.5. The van der Waals surface area contributed by atoms with Crippen molar-refractivity contribution in [2.24, 2.45) is 5.92 Å². The highest BCUT2D eigenvalue weighted by Gasteiger charge is 2.13. The average molecular weight is 231 g/mol. The summed E-state index contributed by atoms with van der Waals surface area (Å²) in [6, 6.07) is 4.23. The standard InChI is InChI=1S/C13H17N3O/c1-2-13-15-3-5-16(13)9-11(1)7-12-8-14-4-6-17-10-12/h1-3,5,9,12,14H,4,6-8,10H2. The Morgan fingerprint density at radius 3 is 3.47 bits per heavy atom. The summed E-state index contributed by atoms with van der Waals surface area (Å²) >= 11 is 0. The summed E-state index contributed by atoms with van der Waals surface area (Å²) in [5.74, 6) is 0.568. The van der Waals surface area contributed by atoms with Gasteiger partial charge < -0.3 is 14.5 Å². The number of imidazole rings is 1. The first-order valence-electron chi connectivity index (χ1n) is 6.12. The number of nitrogens with zero attached hydrogens (tertiary/aromatic N) is 2. The van der Waals surface area contributed by atoms with Crippen LogP contribution in [0.15, 0.2) is 30.7 Å². The number of fused-ring (bicyclic) bond motifs is 1. The van der Waals surface area contributed by atoms with Gasteiger partial charge in [0, 0.05) is 31.7 Å². The second kappa shape index (κ2) is 4.85. The van der Waals surface area contributed by atoms with E-state index in [4.69, 9.17) is 4.74 Å². The van der Waals surface area contributed by atoms with E-state index in [1.54, 1.807) is 0 Å². The van der Waals surface area contributed by atoms with Crippen LogP contribution in [0.4, 0.5) is 0 Å². The molecule has 17 heavy (non-hydrogen) atoms. The smallest absolute Gasteiger partial charge is 0.136 e. The van der Waals surface area contributed by atoms with Gasteiger partial charge in [0.1, 0.15) is 5.65 Å². The lowest BCUT2D eigenvalue weighted by Crippen LogP contribution is -2.24. The third-order valence-corrected chi connectivity index (χ3v) is 3.18. The first-order valence-corrected chi connectivity index (χ1v) is 6.12. The molecule has 1 fully saturated rings. The lowest BCUT2D eigenvalue weighted by molar-refractivity contribution is 0.123. The number of ether oxygens (including phenoxy) is 1. The van der Waals surface area contributed by atoms with Crippen molar-refractivity contribution in [3.63, 3.8) is 0 Å². The molecule has 3 heterocycles. The minimum atomic E-state index is 0.568. The molecule has 0 aliphatic carbocycles. The van der Waals surface area contributed by atoms with Crippen LogP contribution in [0.25, 0.3) is 5.65 Å². The first kappa shape index (κ1) is 10.7. The highest BCUT2D eigenvalue weighted by atomic mass is 16.5. The number of rotatable bonds is 2. The zero-order valence-electron chi connectivity index (χ0n) is 9.80. The predicted molar refractivity (Wildman–Crippen MR) is 66.1 cm³/mol. The van der Waals surface area contributed by atoms with Crippen LogP contribution in [-0.4, -0.2) is 35.7 Å². The summed E-state index contributed by atoms with van der Waals surface area (Å²) in [6.45, 7) is 3.70. The Bertz CT molecular complexity index is 486. The summed E-state index contributed by atoms with van der Waals surface area (Å²) in [7, 11) is 0. The van der Waals surface area contributed by atoms with E-state index in [2.05, 4.69) is 33.0 Å². The Morgan fingerprint density at radius 2 is 2.47 bits per heavy atom. The Kier molecular flexibility index (Phi) is 3.07. The molecule has 90 valence electrons. The van der Waals surface area contributed by atoms with Gasteiger partial charge in [0.25, 0.3) is 0 Å². The van der Waals surface area contributed by atoms with Gasteiger partial charge in [-0.3, -0.25) is 0 Å². The lowest BCUT2D eigenvalue weighted by Gasteiger charge is -2.13. The van der Waals surface area contributed by atoms with Gasteiger partial charge in [-0.15, -0.1) is 0 Å². The fourth-order valence-corrected chi connectivity index (χ4v) is 2.31. The van der Waals surface area contributed by atoms with E-state index in [0.717, 1.165) is 38.4 Å². The van der Waals surface area contributed by atoms with Crippen molar-refractivity contribution in [1.29, 1.82) is 0 Å². The van der Waals surface area contributed by atoms with Crippen LogP contribution >= 0.6 is 0 Å². The summed E-state index contributed by atoms with van der Waals surface area (Å²) < 4.78 is 7.64. The van der Waals surface area contributed by atoms with Crippen molar-refractivity contribution in [1.82, 2.24) is 14.7 Å². The van der Waals surface area contributed by atoms with Gasteiger partial charge in [0.2, 0.25) is 0 Å². The fourth-order valence-electron chi connectivity index (χ4n) is 2.31. The minimum Gasteiger partial charge on any atom is -0.380 e. The van der Waals surface area contributed by atoms with Gasteiger partial charge in [-0.05, 0) is 24.0 Å². The molecule has 0 spiro atoms. The van der Waals surface area contributed by atoms with Gasteiger partial charge in [0.05, 0.1) is 13.2 Å². The van der Waals surface area contributed by atoms with Crippen LogP contribution in [0.2, 0.25) is 0 Å². The minimum absolute atomic E-state index is 0.568. The average Bonchev–Trinajstić information content (AvgIpc) is 2.65. The number of hydrogen-bond acceptors (Lipinski definition) is 3. The van der Waals surface area contributed by atoms with Crippen molar-refractivity contribution in [2.75, 3.05) is 26.3 Å². The van der Waals surface area contributed by atoms with Gasteiger partial charge in [-0.1, -0.05) is 6.07 Å². The number of aromatic nitrogens is 2. The van der Waals surface area contributed by atoms with E-state index in [-0.39, 0.29) is 0 Å². The molecule has 1 aliphatic rings. The highest BCUT2D eigenvalue weighted by Crippen LogP contribution is 2.12. The van der Waals surface area contributed by atoms with Gasteiger partial charge in [0.15, 0.2) is 0 Å². The summed E-state index contributed by atoms with van der Waals surface area (Å²) in [6.07, 6.45) is 7.03. The molecule has 0 radical (unpaired) electrons. The second-order valence-corrected chi connectivity index (χ2v) is 4.58. The number of nitrogens with one attached hydrogen (secondary N) is 1. The van der Waals surface area contributed by atoms with E-state index in [9.17, 15) is 0 Å². The first-order chi connectivity index (χ1) is 8.42.